The Kier molecular flexibility index (Phi) is 4.58. The van der Waals surface area contributed by atoms with Crippen molar-refractivity contribution >= 4 is 6.29 Å². The Morgan fingerprint density at radius 1 is 1.20 bits per heavy atom. The van der Waals surface area contributed by atoms with Crippen molar-refractivity contribution in [3.05, 3.63) is 0 Å². The highest BCUT2D eigenvalue weighted by Crippen LogP contribution is 2.21. The van der Waals surface area contributed by atoms with Gasteiger partial charge >= 0.3 is 0 Å². The van der Waals surface area contributed by atoms with E-state index >= 15 is 0 Å². The Labute approximate surface area is 85.9 Å². The summed E-state index contributed by atoms with van der Waals surface area (Å²) in [4.78, 5) is 10.0. The zero-order chi connectivity index (χ0) is 11.4. The van der Waals surface area contributed by atoms with Crippen LogP contribution in [0.5, 0.6) is 0 Å². The third kappa shape index (κ3) is 2.71. The van der Waals surface area contributed by atoms with Crippen LogP contribution in [-0.4, -0.2) is 70.6 Å². The molecule has 0 saturated carbocycles. The number of aliphatic hydroxyl groups is 4. The molecule has 0 aromatic heterocycles. The molecule has 5 atom stereocenters. The lowest BCUT2D eigenvalue weighted by molar-refractivity contribution is -0.298. The average molecular weight is 222 g/mol. The lowest BCUT2D eigenvalue weighted by atomic mass is 9.99. The van der Waals surface area contributed by atoms with E-state index in [2.05, 4.69) is 0 Å². The molecule has 0 radical (unpaired) electrons. The molecule has 0 aliphatic carbocycles. The van der Waals surface area contributed by atoms with Gasteiger partial charge in [0.1, 0.15) is 37.3 Å². The lowest BCUT2D eigenvalue weighted by Gasteiger charge is -2.39. The maximum absolute atomic E-state index is 10.0. The quantitative estimate of drug-likeness (QED) is 0.374. The van der Waals surface area contributed by atoms with Crippen molar-refractivity contribution in [1.82, 2.24) is 0 Å². The summed E-state index contributed by atoms with van der Waals surface area (Å²) in [5.74, 6) is 0. The highest BCUT2D eigenvalue weighted by atomic mass is 16.7. The van der Waals surface area contributed by atoms with Crippen molar-refractivity contribution in [1.29, 1.82) is 0 Å². The molecule has 1 rings (SSSR count). The summed E-state index contributed by atoms with van der Waals surface area (Å²) in [6.07, 6.45) is -6.14. The summed E-state index contributed by atoms with van der Waals surface area (Å²) in [6.45, 7) is -0.825. The van der Waals surface area contributed by atoms with Crippen LogP contribution in [-0.2, 0) is 14.3 Å². The zero-order valence-corrected chi connectivity index (χ0v) is 7.89. The molecule has 88 valence electrons. The molecule has 1 fully saturated rings. The number of aldehydes is 1. The Bertz CT molecular complexity index is 207. The summed E-state index contributed by atoms with van der Waals surface area (Å²) in [7, 11) is 0. The van der Waals surface area contributed by atoms with Crippen LogP contribution in [0.3, 0.4) is 0 Å². The fraction of sp³-hybridized carbons (Fsp3) is 0.875. The number of hydrogen-bond donors (Lipinski definition) is 4. The first kappa shape index (κ1) is 12.5. The number of aliphatic hydroxyl groups excluding tert-OH is 4. The van der Waals surface area contributed by atoms with E-state index in [1.807, 2.05) is 0 Å². The van der Waals surface area contributed by atoms with Crippen LogP contribution in [0.2, 0.25) is 0 Å². The normalized spacial score (nSPS) is 41.5. The Morgan fingerprint density at radius 2 is 1.87 bits per heavy atom. The van der Waals surface area contributed by atoms with Gasteiger partial charge in [-0.25, -0.2) is 0 Å². The van der Waals surface area contributed by atoms with Gasteiger partial charge in [-0.2, -0.15) is 0 Å². The molecule has 1 aliphatic rings. The van der Waals surface area contributed by atoms with Crippen molar-refractivity contribution in [2.45, 2.75) is 30.7 Å². The molecule has 0 bridgehead atoms. The van der Waals surface area contributed by atoms with Crippen LogP contribution < -0.4 is 0 Å². The van der Waals surface area contributed by atoms with E-state index in [0.29, 0.717) is 6.29 Å². The summed E-state index contributed by atoms with van der Waals surface area (Å²) in [6, 6.07) is 0. The molecule has 0 aromatic carbocycles. The lowest BCUT2D eigenvalue weighted by Crippen LogP contribution is -2.59. The number of rotatable bonds is 4. The van der Waals surface area contributed by atoms with Gasteiger partial charge < -0.3 is 34.7 Å². The predicted molar refractivity (Wildman–Crippen MR) is 45.8 cm³/mol. The second kappa shape index (κ2) is 5.50. The molecule has 7 heteroatoms. The van der Waals surface area contributed by atoms with Crippen LogP contribution in [0.25, 0.3) is 0 Å². The molecule has 1 heterocycles. The van der Waals surface area contributed by atoms with Crippen LogP contribution in [0.15, 0.2) is 0 Å². The molecule has 0 unspecified atom stereocenters. The maximum atomic E-state index is 10.0. The van der Waals surface area contributed by atoms with Gasteiger partial charge in [0.25, 0.3) is 0 Å². The first-order valence-corrected chi connectivity index (χ1v) is 4.47. The van der Waals surface area contributed by atoms with Crippen molar-refractivity contribution in [2.75, 3.05) is 13.2 Å². The third-order valence-corrected chi connectivity index (χ3v) is 2.18. The number of ether oxygens (including phenoxy) is 2. The van der Waals surface area contributed by atoms with Gasteiger partial charge in [-0.1, -0.05) is 0 Å². The van der Waals surface area contributed by atoms with Gasteiger partial charge in [0.05, 0.1) is 6.61 Å². The molecule has 1 aliphatic heterocycles. The number of carbonyl (C=O) groups excluding carboxylic acids is 1. The largest absolute Gasteiger partial charge is 0.394 e. The Hall–Kier alpha value is -0.570. The van der Waals surface area contributed by atoms with Gasteiger partial charge in [-0.3, -0.25) is 0 Å². The Balaban J connectivity index is 2.60. The highest BCUT2D eigenvalue weighted by Gasteiger charge is 2.43. The molecule has 0 aromatic rings. The van der Waals surface area contributed by atoms with E-state index < -0.39 is 37.3 Å². The standard InChI is InChI=1S/C8H14O7/c9-1-2-14-8-7(13)6(12)5(11)4(3-10)15-8/h1,4-8,10-13H,2-3H2/t4-,5-,6-,7+,8+/m1/s1. The SMILES string of the molecule is O=CCO[C@H]1O[C@H](CO)[C@@H](O)[C@@H](O)[C@@H]1O. The summed E-state index contributed by atoms with van der Waals surface area (Å²) in [5, 5.41) is 36.9. The van der Waals surface area contributed by atoms with Gasteiger partial charge in [0, 0.05) is 0 Å². The zero-order valence-electron chi connectivity index (χ0n) is 7.89. The van der Waals surface area contributed by atoms with E-state index in [4.69, 9.17) is 14.6 Å². The minimum Gasteiger partial charge on any atom is -0.394 e. The van der Waals surface area contributed by atoms with Crippen molar-refractivity contribution in [2.24, 2.45) is 0 Å². The van der Waals surface area contributed by atoms with Crippen molar-refractivity contribution in [3.63, 3.8) is 0 Å². The van der Waals surface area contributed by atoms with Crippen molar-refractivity contribution < 1.29 is 34.7 Å². The van der Waals surface area contributed by atoms with Crippen molar-refractivity contribution in [3.8, 4) is 0 Å². The first-order chi connectivity index (χ1) is 7.11. The van der Waals surface area contributed by atoms with Crippen LogP contribution >= 0.6 is 0 Å². The van der Waals surface area contributed by atoms with Gasteiger partial charge in [0.2, 0.25) is 0 Å². The molecular formula is C8H14O7. The minimum atomic E-state index is -1.48. The number of hydrogen-bond acceptors (Lipinski definition) is 7. The second-order valence-corrected chi connectivity index (χ2v) is 3.20. The first-order valence-electron chi connectivity index (χ1n) is 4.47. The topological polar surface area (TPSA) is 116 Å². The monoisotopic (exact) mass is 222 g/mol. The van der Waals surface area contributed by atoms with E-state index in [9.17, 15) is 20.1 Å². The fourth-order valence-corrected chi connectivity index (χ4v) is 1.34. The highest BCUT2D eigenvalue weighted by molar-refractivity contribution is 5.50. The number of carbonyl (C=O) groups is 1. The van der Waals surface area contributed by atoms with Gasteiger partial charge in [0.15, 0.2) is 6.29 Å². The van der Waals surface area contributed by atoms with Gasteiger partial charge in [-0.05, 0) is 0 Å². The summed E-state index contributed by atoms with van der Waals surface area (Å²) < 4.78 is 9.71. The summed E-state index contributed by atoms with van der Waals surface area (Å²) in [5.41, 5.74) is 0. The molecule has 1 saturated heterocycles. The molecular weight excluding hydrogens is 208 g/mol. The molecule has 0 amide bonds. The average Bonchev–Trinajstić information content (AvgIpc) is 2.25. The Morgan fingerprint density at radius 3 is 2.40 bits per heavy atom. The minimum absolute atomic E-state index is 0.303. The molecule has 15 heavy (non-hydrogen) atoms. The van der Waals surface area contributed by atoms with E-state index in [1.165, 1.54) is 0 Å². The fourth-order valence-electron chi connectivity index (χ4n) is 1.34. The van der Waals surface area contributed by atoms with E-state index in [1.54, 1.807) is 0 Å². The second-order valence-electron chi connectivity index (χ2n) is 3.20. The molecule has 0 spiro atoms. The smallest absolute Gasteiger partial charge is 0.187 e. The maximum Gasteiger partial charge on any atom is 0.187 e. The van der Waals surface area contributed by atoms with E-state index in [-0.39, 0.29) is 6.61 Å². The van der Waals surface area contributed by atoms with Crippen LogP contribution in [0.1, 0.15) is 0 Å². The van der Waals surface area contributed by atoms with Crippen LogP contribution in [0, 0.1) is 0 Å². The molecule has 7 nitrogen and oxygen atoms in total. The molecule has 4 N–H and O–H groups in total. The summed E-state index contributed by atoms with van der Waals surface area (Å²) >= 11 is 0. The van der Waals surface area contributed by atoms with E-state index in [0.717, 1.165) is 0 Å². The third-order valence-electron chi connectivity index (χ3n) is 2.18. The van der Waals surface area contributed by atoms with Gasteiger partial charge in [-0.15, -0.1) is 0 Å². The predicted octanol–water partition coefficient (Wildman–Crippen LogP) is -3.00. The van der Waals surface area contributed by atoms with Crippen LogP contribution in [0.4, 0.5) is 0 Å².